The van der Waals surface area contributed by atoms with Gasteiger partial charge in [0.1, 0.15) is 12.2 Å². The molecule has 0 aliphatic carbocycles. The fraction of sp³-hybridized carbons (Fsp3) is 0.545. The molecule has 9 nitrogen and oxygen atoms in total. The fourth-order valence-electron chi connectivity index (χ4n) is 2.36. The summed E-state index contributed by atoms with van der Waals surface area (Å²) >= 11 is 1.10. The van der Waals surface area contributed by atoms with E-state index >= 15 is 0 Å². The number of rotatable bonds is 3. The number of hydrogen-bond acceptors (Lipinski definition) is 8. The van der Waals surface area contributed by atoms with Gasteiger partial charge in [-0.2, -0.15) is 0 Å². The average Bonchev–Trinajstić information content (AvgIpc) is 3.05. The monoisotopic (exact) mass is 331 g/mol. The van der Waals surface area contributed by atoms with Gasteiger partial charge in [-0.15, -0.1) is 4.73 Å². The van der Waals surface area contributed by atoms with Crippen molar-refractivity contribution in [2.45, 2.75) is 29.8 Å². The van der Waals surface area contributed by atoms with E-state index in [2.05, 4.69) is 9.97 Å². The minimum atomic E-state index is -1.77. The Morgan fingerprint density at radius 3 is 2.86 bits per heavy atom. The molecule has 1 aliphatic rings. The van der Waals surface area contributed by atoms with Crippen molar-refractivity contribution >= 4 is 22.9 Å². The van der Waals surface area contributed by atoms with Crippen LogP contribution in [0.4, 0.5) is 4.39 Å². The molecule has 1 aliphatic heterocycles. The highest BCUT2D eigenvalue weighted by atomic mass is 32.2. The summed E-state index contributed by atoms with van der Waals surface area (Å²) in [6, 6.07) is 0. The van der Waals surface area contributed by atoms with Crippen molar-refractivity contribution in [3.8, 4) is 0 Å². The molecule has 3 heterocycles. The number of hydrogen-bond donors (Lipinski definition) is 4. The van der Waals surface area contributed by atoms with Gasteiger partial charge in [0.25, 0.3) is 0 Å². The second-order valence-electron chi connectivity index (χ2n) is 4.77. The molecule has 1 fully saturated rings. The zero-order chi connectivity index (χ0) is 16.0. The molecule has 22 heavy (non-hydrogen) atoms. The van der Waals surface area contributed by atoms with Gasteiger partial charge >= 0.3 is 0 Å². The van der Waals surface area contributed by atoms with E-state index in [0.717, 1.165) is 11.8 Å². The van der Waals surface area contributed by atoms with Crippen LogP contribution < -0.4 is 5.49 Å². The van der Waals surface area contributed by atoms with E-state index < -0.39 is 31.2 Å². The molecule has 120 valence electrons. The Balaban J connectivity index is 2.13. The Morgan fingerprint density at radius 2 is 2.27 bits per heavy atom. The Labute approximate surface area is 127 Å². The number of aliphatic hydroxyl groups is 2. The molecule has 4 N–H and O–H groups in total. The largest absolute Gasteiger partial charge is 0.424 e. The number of nitrogens with one attached hydrogen (secondary N) is 1. The summed E-state index contributed by atoms with van der Waals surface area (Å²) in [6.07, 6.45) is -2.60. The van der Waals surface area contributed by atoms with Crippen LogP contribution in [0.1, 0.15) is 6.23 Å². The number of thioether (sulfide) groups is 1. The summed E-state index contributed by atoms with van der Waals surface area (Å²) in [5, 5.41) is 36.5. The first-order valence-corrected chi connectivity index (χ1v) is 7.58. The van der Waals surface area contributed by atoms with Gasteiger partial charge in [-0.05, 0) is 6.26 Å². The smallest absolute Gasteiger partial charge is 0.206 e. The zero-order valence-corrected chi connectivity index (χ0v) is 12.2. The van der Waals surface area contributed by atoms with Gasteiger partial charge in [-0.25, -0.2) is 14.4 Å². The molecule has 2 aromatic heterocycles. The van der Waals surface area contributed by atoms with Crippen molar-refractivity contribution in [3.05, 3.63) is 11.8 Å². The van der Waals surface area contributed by atoms with Crippen molar-refractivity contribution in [1.29, 1.82) is 5.41 Å². The summed E-state index contributed by atoms with van der Waals surface area (Å²) in [5.41, 5.74) is -0.0723. The van der Waals surface area contributed by atoms with E-state index in [-0.39, 0.29) is 21.8 Å². The van der Waals surface area contributed by atoms with E-state index in [1.54, 1.807) is 6.26 Å². The number of imidazole rings is 1. The van der Waals surface area contributed by atoms with Crippen molar-refractivity contribution in [2.75, 3.05) is 12.9 Å². The summed E-state index contributed by atoms with van der Waals surface area (Å²) < 4.78 is 21.3. The molecular formula is C11H14FN5O4S. The van der Waals surface area contributed by atoms with Gasteiger partial charge in [0, 0.05) is 0 Å². The first-order valence-electron chi connectivity index (χ1n) is 6.35. The molecule has 0 bridgehead atoms. The van der Waals surface area contributed by atoms with Crippen molar-refractivity contribution in [3.63, 3.8) is 0 Å². The third-order valence-corrected chi connectivity index (χ3v) is 4.15. The second kappa shape index (κ2) is 5.50. The number of nitrogens with zero attached hydrogens (tertiary/aromatic N) is 4. The number of aromatic nitrogens is 4. The predicted molar refractivity (Wildman–Crippen MR) is 72.2 cm³/mol. The van der Waals surface area contributed by atoms with Crippen molar-refractivity contribution in [2.24, 2.45) is 0 Å². The van der Waals surface area contributed by atoms with Crippen LogP contribution in [0.15, 0.2) is 11.5 Å². The van der Waals surface area contributed by atoms with Crippen LogP contribution in [0.2, 0.25) is 0 Å². The standard InChI is InChI=1S/C11H14FN5O4S/c1-22-11-15-9-6(8(13)17(11)20)14-3-16(9)10-5(12)7(19)4(2-18)21-10/h3-5,7,10,13,18-20H,2H2,1H3/t4-,5+,7-,10-/m1/s1. The first kappa shape index (κ1) is 15.2. The maximum absolute atomic E-state index is 14.2. The molecular weight excluding hydrogens is 317 g/mol. The number of halogens is 1. The fourth-order valence-corrected chi connectivity index (χ4v) is 2.81. The number of alkyl halides is 1. The molecule has 1 saturated heterocycles. The summed E-state index contributed by atoms with van der Waals surface area (Å²) in [6.45, 7) is -0.519. The van der Waals surface area contributed by atoms with Crippen molar-refractivity contribution in [1.82, 2.24) is 19.3 Å². The van der Waals surface area contributed by atoms with Gasteiger partial charge < -0.3 is 20.2 Å². The van der Waals surface area contributed by atoms with Crippen LogP contribution in [0, 0.1) is 5.41 Å². The third-order valence-electron chi connectivity index (χ3n) is 3.52. The van der Waals surface area contributed by atoms with E-state index in [0.29, 0.717) is 4.73 Å². The van der Waals surface area contributed by atoms with Gasteiger partial charge in [0.15, 0.2) is 29.1 Å². The quantitative estimate of drug-likeness (QED) is 0.331. The SMILES string of the molecule is CSc1nc2c(ncn2[C@@H]2O[C@H](CO)[C@@H](O)[C@@H]2F)c(=N)n1O. The van der Waals surface area contributed by atoms with E-state index in [9.17, 15) is 14.7 Å². The average molecular weight is 331 g/mol. The number of fused-ring (bicyclic) bond motifs is 1. The molecule has 11 heteroatoms. The molecule has 0 unspecified atom stereocenters. The van der Waals surface area contributed by atoms with Gasteiger partial charge in [0.05, 0.1) is 12.9 Å². The topological polar surface area (TPSA) is 129 Å². The highest BCUT2D eigenvalue weighted by Gasteiger charge is 2.45. The highest BCUT2D eigenvalue weighted by Crippen LogP contribution is 2.33. The zero-order valence-electron chi connectivity index (χ0n) is 11.4. The summed E-state index contributed by atoms with van der Waals surface area (Å²) in [7, 11) is 0. The van der Waals surface area contributed by atoms with Crippen LogP contribution >= 0.6 is 11.8 Å². The summed E-state index contributed by atoms with van der Waals surface area (Å²) in [5.74, 6) is 0. The lowest BCUT2D eigenvalue weighted by atomic mass is 10.1. The molecule has 3 rings (SSSR count). The molecule has 0 radical (unpaired) electrons. The van der Waals surface area contributed by atoms with Crippen LogP contribution in [0.3, 0.4) is 0 Å². The van der Waals surface area contributed by atoms with Crippen LogP contribution in [-0.4, -0.2) is 65.9 Å². The first-order chi connectivity index (χ1) is 10.5. The number of aliphatic hydroxyl groups excluding tert-OH is 2. The molecule has 0 aromatic carbocycles. The lowest BCUT2D eigenvalue weighted by molar-refractivity contribution is -0.0460. The lowest BCUT2D eigenvalue weighted by Gasteiger charge is -2.15. The minimum Gasteiger partial charge on any atom is -0.424 e. The van der Waals surface area contributed by atoms with Gasteiger partial charge in [-0.3, -0.25) is 9.98 Å². The Kier molecular flexibility index (Phi) is 3.80. The van der Waals surface area contributed by atoms with Crippen LogP contribution in [0.5, 0.6) is 0 Å². The maximum Gasteiger partial charge on any atom is 0.206 e. The Bertz CT molecular complexity index is 765. The molecule has 0 amide bonds. The lowest BCUT2D eigenvalue weighted by Crippen LogP contribution is -2.30. The van der Waals surface area contributed by atoms with E-state index in [1.165, 1.54) is 10.9 Å². The van der Waals surface area contributed by atoms with Crippen molar-refractivity contribution < 1.29 is 24.5 Å². The molecule has 2 aromatic rings. The van der Waals surface area contributed by atoms with E-state index in [4.69, 9.17) is 15.3 Å². The molecule has 0 saturated carbocycles. The predicted octanol–water partition coefficient (Wildman–Crippen LogP) is -0.740. The van der Waals surface area contributed by atoms with Gasteiger partial charge in [-0.1, -0.05) is 11.8 Å². The third kappa shape index (κ3) is 2.08. The minimum absolute atomic E-state index is 0.0676. The molecule has 0 spiro atoms. The Morgan fingerprint density at radius 1 is 1.55 bits per heavy atom. The second-order valence-corrected chi connectivity index (χ2v) is 5.54. The highest BCUT2D eigenvalue weighted by molar-refractivity contribution is 7.98. The molecule has 4 atom stereocenters. The normalized spacial score (nSPS) is 28.5. The maximum atomic E-state index is 14.2. The van der Waals surface area contributed by atoms with Crippen LogP contribution in [0.25, 0.3) is 11.2 Å². The van der Waals surface area contributed by atoms with E-state index in [1.807, 2.05) is 0 Å². The Hall–Kier alpha value is -1.69. The summed E-state index contributed by atoms with van der Waals surface area (Å²) in [4.78, 5) is 8.08. The number of ether oxygens (including phenoxy) is 1. The van der Waals surface area contributed by atoms with Crippen LogP contribution in [-0.2, 0) is 4.74 Å². The van der Waals surface area contributed by atoms with Gasteiger partial charge in [0.2, 0.25) is 5.16 Å².